The average Bonchev–Trinajstić information content (AvgIpc) is 2.65. The van der Waals surface area contributed by atoms with Crippen LogP contribution in [0.25, 0.3) is 0 Å². The summed E-state index contributed by atoms with van der Waals surface area (Å²) < 4.78 is 17.6. The standard InChI is InChI=1S/C18H17FN2O4S/c19-13-6-8-14(9-7-13)21-16(22)10-20-17(23)11-25-18(24)12-26-15-4-2-1-3-5-15/h1-9H,10-12H2,(H,20,23)(H,21,22). The molecule has 26 heavy (non-hydrogen) atoms. The minimum atomic E-state index is -0.586. The highest BCUT2D eigenvalue weighted by Crippen LogP contribution is 2.16. The van der Waals surface area contributed by atoms with E-state index in [1.165, 1.54) is 36.0 Å². The Morgan fingerprint density at radius 1 is 0.962 bits per heavy atom. The van der Waals surface area contributed by atoms with Gasteiger partial charge in [-0.3, -0.25) is 14.4 Å². The first kappa shape index (κ1) is 19.5. The molecule has 2 N–H and O–H groups in total. The van der Waals surface area contributed by atoms with Crippen LogP contribution in [-0.2, 0) is 19.1 Å². The van der Waals surface area contributed by atoms with Crippen molar-refractivity contribution in [3.8, 4) is 0 Å². The molecule has 2 amide bonds. The zero-order valence-corrected chi connectivity index (χ0v) is 14.6. The summed E-state index contributed by atoms with van der Waals surface area (Å²) in [5, 5.41) is 4.83. The fraction of sp³-hybridized carbons (Fsp3) is 0.167. The summed E-state index contributed by atoms with van der Waals surface area (Å²) in [4.78, 5) is 35.8. The molecule has 0 saturated heterocycles. The molecular formula is C18H17FN2O4S. The number of hydrogen-bond acceptors (Lipinski definition) is 5. The van der Waals surface area contributed by atoms with E-state index >= 15 is 0 Å². The molecule has 2 rings (SSSR count). The predicted octanol–water partition coefficient (Wildman–Crippen LogP) is 2.22. The fourth-order valence-corrected chi connectivity index (χ4v) is 2.53. The quantitative estimate of drug-likeness (QED) is 0.545. The van der Waals surface area contributed by atoms with Gasteiger partial charge in [0.25, 0.3) is 5.91 Å². The van der Waals surface area contributed by atoms with Crippen molar-refractivity contribution in [2.45, 2.75) is 4.90 Å². The Hall–Kier alpha value is -2.87. The van der Waals surface area contributed by atoms with E-state index in [-0.39, 0.29) is 12.3 Å². The van der Waals surface area contributed by atoms with Crippen LogP contribution in [0.3, 0.4) is 0 Å². The van der Waals surface area contributed by atoms with Gasteiger partial charge in [-0.25, -0.2) is 4.39 Å². The van der Waals surface area contributed by atoms with Crippen LogP contribution in [0.5, 0.6) is 0 Å². The molecular weight excluding hydrogens is 359 g/mol. The summed E-state index contributed by atoms with van der Waals surface area (Å²) in [5.41, 5.74) is 0.412. The smallest absolute Gasteiger partial charge is 0.316 e. The molecule has 0 fully saturated rings. The van der Waals surface area contributed by atoms with E-state index in [2.05, 4.69) is 10.6 Å². The average molecular weight is 376 g/mol. The number of nitrogens with one attached hydrogen (secondary N) is 2. The molecule has 6 nitrogen and oxygen atoms in total. The number of esters is 1. The number of ether oxygens (including phenoxy) is 1. The second-order valence-corrected chi connectivity index (χ2v) is 6.14. The number of carbonyl (C=O) groups is 3. The molecule has 2 aromatic carbocycles. The molecule has 0 unspecified atom stereocenters. The number of amides is 2. The highest BCUT2D eigenvalue weighted by atomic mass is 32.2. The Morgan fingerprint density at radius 2 is 1.65 bits per heavy atom. The Kier molecular flexibility index (Phi) is 7.63. The van der Waals surface area contributed by atoms with E-state index in [4.69, 9.17) is 4.74 Å². The lowest BCUT2D eigenvalue weighted by Gasteiger charge is -2.08. The summed E-state index contributed by atoms with van der Waals surface area (Å²) in [6.45, 7) is -0.745. The van der Waals surface area contributed by atoms with Gasteiger partial charge in [0, 0.05) is 10.6 Å². The molecule has 0 spiro atoms. The van der Waals surface area contributed by atoms with Gasteiger partial charge in [-0.05, 0) is 36.4 Å². The minimum Gasteiger partial charge on any atom is -0.455 e. The number of benzene rings is 2. The van der Waals surface area contributed by atoms with Gasteiger partial charge >= 0.3 is 5.97 Å². The number of carbonyl (C=O) groups excluding carboxylic acids is 3. The van der Waals surface area contributed by atoms with Crippen LogP contribution >= 0.6 is 11.8 Å². The number of halogens is 1. The summed E-state index contributed by atoms with van der Waals surface area (Å²) in [5.74, 6) is -1.91. The lowest BCUT2D eigenvalue weighted by atomic mass is 10.3. The monoisotopic (exact) mass is 376 g/mol. The van der Waals surface area contributed by atoms with Gasteiger partial charge in [0.05, 0.1) is 12.3 Å². The molecule has 0 aliphatic heterocycles. The third-order valence-electron chi connectivity index (χ3n) is 3.04. The van der Waals surface area contributed by atoms with Gasteiger partial charge in [-0.15, -0.1) is 11.8 Å². The maximum Gasteiger partial charge on any atom is 0.316 e. The van der Waals surface area contributed by atoms with E-state index in [0.717, 1.165) is 4.90 Å². The fourth-order valence-electron chi connectivity index (χ4n) is 1.81. The molecule has 0 saturated carbocycles. The maximum absolute atomic E-state index is 12.8. The largest absolute Gasteiger partial charge is 0.455 e. The highest BCUT2D eigenvalue weighted by molar-refractivity contribution is 8.00. The Labute approximate surface area is 154 Å². The van der Waals surface area contributed by atoms with Gasteiger partial charge < -0.3 is 15.4 Å². The van der Waals surface area contributed by atoms with Crippen molar-refractivity contribution < 1.29 is 23.5 Å². The van der Waals surface area contributed by atoms with Crippen molar-refractivity contribution in [3.63, 3.8) is 0 Å². The van der Waals surface area contributed by atoms with Crippen molar-refractivity contribution in [3.05, 3.63) is 60.4 Å². The molecule has 0 heterocycles. The zero-order chi connectivity index (χ0) is 18.8. The predicted molar refractivity (Wildman–Crippen MR) is 96.2 cm³/mol. The molecule has 8 heteroatoms. The summed E-state index contributed by atoms with van der Waals surface area (Å²) in [6, 6.07) is 14.6. The normalized spacial score (nSPS) is 10.0. The van der Waals surface area contributed by atoms with Gasteiger partial charge in [0.15, 0.2) is 6.61 Å². The molecule has 0 aliphatic rings. The second-order valence-electron chi connectivity index (χ2n) is 5.09. The van der Waals surface area contributed by atoms with E-state index in [0.29, 0.717) is 5.69 Å². The zero-order valence-electron chi connectivity index (χ0n) is 13.7. The molecule has 136 valence electrons. The summed E-state index contributed by atoms with van der Waals surface area (Å²) >= 11 is 1.30. The first-order valence-electron chi connectivity index (χ1n) is 7.68. The first-order valence-corrected chi connectivity index (χ1v) is 8.67. The Bertz CT molecular complexity index is 754. The summed E-state index contributed by atoms with van der Waals surface area (Å²) in [7, 11) is 0. The van der Waals surface area contributed by atoms with Gasteiger partial charge in [0.2, 0.25) is 5.91 Å². The van der Waals surface area contributed by atoms with Crippen LogP contribution in [-0.4, -0.2) is 36.7 Å². The summed E-state index contributed by atoms with van der Waals surface area (Å²) in [6.07, 6.45) is 0. The van der Waals surface area contributed by atoms with E-state index in [1.807, 2.05) is 30.3 Å². The highest BCUT2D eigenvalue weighted by Gasteiger charge is 2.10. The van der Waals surface area contributed by atoms with Crippen LogP contribution in [0.4, 0.5) is 10.1 Å². The van der Waals surface area contributed by atoms with Gasteiger partial charge in [-0.2, -0.15) is 0 Å². The van der Waals surface area contributed by atoms with Crippen LogP contribution in [0, 0.1) is 5.82 Å². The van der Waals surface area contributed by atoms with E-state index in [1.54, 1.807) is 0 Å². The Balaban J connectivity index is 1.61. The first-order chi connectivity index (χ1) is 12.5. The molecule has 0 radical (unpaired) electrons. The lowest BCUT2D eigenvalue weighted by Crippen LogP contribution is -2.35. The van der Waals surface area contributed by atoms with E-state index < -0.39 is 30.2 Å². The van der Waals surface area contributed by atoms with E-state index in [9.17, 15) is 18.8 Å². The lowest BCUT2D eigenvalue weighted by molar-refractivity contribution is -0.146. The van der Waals surface area contributed by atoms with Crippen LogP contribution in [0.1, 0.15) is 0 Å². The van der Waals surface area contributed by atoms with Crippen LogP contribution < -0.4 is 10.6 Å². The van der Waals surface area contributed by atoms with Crippen molar-refractivity contribution >= 4 is 35.2 Å². The third-order valence-corrected chi connectivity index (χ3v) is 4.02. The maximum atomic E-state index is 12.8. The van der Waals surface area contributed by atoms with Crippen molar-refractivity contribution in [1.82, 2.24) is 5.32 Å². The number of rotatable bonds is 8. The second kappa shape index (κ2) is 10.2. The minimum absolute atomic E-state index is 0.0857. The molecule has 0 atom stereocenters. The number of hydrogen-bond donors (Lipinski definition) is 2. The molecule has 0 aliphatic carbocycles. The SMILES string of the molecule is O=C(COC(=O)CSc1ccccc1)NCC(=O)Nc1ccc(F)cc1. The van der Waals surface area contributed by atoms with Crippen molar-refractivity contribution in [2.75, 3.05) is 24.2 Å². The van der Waals surface area contributed by atoms with Gasteiger partial charge in [-0.1, -0.05) is 18.2 Å². The van der Waals surface area contributed by atoms with Crippen molar-refractivity contribution in [2.24, 2.45) is 0 Å². The number of thioether (sulfide) groups is 1. The molecule has 2 aromatic rings. The molecule has 0 aromatic heterocycles. The molecule has 0 bridgehead atoms. The Morgan fingerprint density at radius 3 is 2.35 bits per heavy atom. The van der Waals surface area contributed by atoms with Gasteiger partial charge in [0.1, 0.15) is 5.82 Å². The van der Waals surface area contributed by atoms with Crippen LogP contribution in [0.2, 0.25) is 0 Å². The van der Waals surface area contributed by atoms with Crippen LogP contribution in [0.15, 0.2) is 59.5 Å². The van der Waals surface area contributed by atoms with Crippen molar-refractivity contribution in [1.29, 1.82) is 0 Å². The topological polar surface area (TPSA) is 84.5 Å². The number of anilines is 1. The third kappa shape index (κ3) is 7.35.